The fraction of sp³-hybridized carbons (Fsp3) is 0.273. The van der Waals surface area contributed by atoms with Crippen LogP contribution in [0.1, 0.15) is 12.0 Å². The molecule has 0 amide bonds. The molecule has 0 unspecified atom stereocenters. The topological polar surface area (TPSA) is 48.2 Å². The molecule has 1 aliphatic heterocycles. The number of hydrogen-bond acceptors (Lipinski definition) is 4. The highest BCUT2D eigenvalue weighted by Gasteiger charge is 2.07. The summed E-state index contributed by atoms with van der Waals surface area (Å²) in [5.41, 5.74) is 1.36. The Morgan fingerprint density at radius 1 is 1.50 bits per heavy atom. The number of nitrogens with zero attached hydrogens (tertiary/aromatic N) is 2. The SMILES string of the molecule is N#Cc1ccc(NC2=NCCCS2)cc1Cl. The molecule has 3 nitrogen and oxygen atoms in total. The van der Waals surface area contributed by atoms with E-state index in [9.17, 15) is 0 Å². The van der Waals surface area contributed by atoms with E-state index in [0.717, 1.165) is 29.6 Å². The highest BCUT2D eigenvalue weighted by Crippen LogP contribution is 2.22. The molecule has 2 rings (SSSR count). The Bertz CT molecular complexity index is 465. The molecule has 0 radical (unpaired) electrons. The molecular formula is C11H10ClN3S. The lowest BCUT2D eigenvalue weighted by atomic mass is 10.2. The molecule has 0 bridgehead atoms. The maximum atomic E-state index is 8.75. The van der Waals surface area contributed by atoms with Gasteiger partial charge in [0, 0.05) is 18.0 Å². The summed E-state index contributed by atoms with van der Waals surface area (Å²) >= 11 is 7.64. The smallest absolute Gasteiger partial charge is 0.161 e. The molecule has 5 heteroatoms. The van der Waals surface area contributed by atoms with Crippen molar-refractivity contribution >= 4 is 34.2 Å². The number of rotatable bonds is 1. The first-order valence-corrected chi connectivity index (χ1v) is 6.30. The monoisotopic (exact) mass is 251 g/mol. The summed E-state index contributed by atoms with van der Waals surface area (Å²) in [4.78, 5) is 4.36. The first kappa shape index (κ1) is 11.3. The van der Waals surface area contributed by atoms with Crippen LogP contribution >= 0.6 is 23.4 Å². The molecule has 1 aromatic rings. The lowest BCUT2D eigenvalue weighted by molar-refractivity contribution is 0.938. The minimum Gasteiger partial charge on any atom is -0.335 e. The van der Waals surface area contributed by atoms with Gasteiger partial charge in [0.2, 0.25) is 0 Å². The lowest BCUT2D eigenvalue weighted by Crippen LogP contribution is -2.13. The maximum Gasteiger partial charge on any atom is 0.161 e. The number of benzene rings is 1. The van der Waals surface area contributed by atoms with Crippen LogP contribution in [-0.2, 0) is 0 Å². The van der Waals surface area contributed by atoms with Crippen molar-refractivity contribution in [2.24, 2.45) is 4.99 Å². The number of nitrogens with one attached hydrogen (secondary N) is 1. The zero-order chi connectivity index (χ0) is 11.4. The normalized spacial score (nSPS) is 15.1. The largest absolute Gasteiger partial charge is 0.335 e. The van der Waals surface area contributed by atoms with Crippen molar-refractivity contribution in [1.29, 1.82) is 5.26 Å². The van der Waals surface area contributed by atoms with E-state index < -0.39 is 0 Å². The second-order valence-corrected chi connectivity index (χ2v) is 4.81. The third-order valence-corrected chi connectivity index (χ3v) is 3.45. The van der Waals surface area contributed by atoms with Crippen molar-refractivity contribution in [3.8, 4) is 6.07 Å². The van der Waals surface area contributed by atoms with Gasteiger partial charge < -0.3 is 5.32 Å². The van der Waals surface area contributed by atoms with Gasteiger partial charge in [0.05, 0.1) is 10.6 Å². The van der Waals surface area contributed by atoms with E-state index in [-0.39, 0.29) is 0 Å². The molecule has 1 aromatic carbocycles. The summed E-state index contributed by atoms with van der Waals surface area (Å²) in [6, 6.07) is 7.32. The van der Waals surface area contributed by atoms with Crippen LogP contribution < -0.4 is 5.32 Å². The van der Waals surface area contributed by atoms with Crippen LogP contribution in [0.2, 0.25) is 5.02 Å². The van der Waals surface area contributed by atoms with Gasteiger partial charge in [-0.25, -0.2) is 0 Å². The maximum absolute atomic E-state index is 8.75. The van der Waals surface area contributed by atoms with Crippen LogP contribution in [0, 0.1) is 11.3 Å². The second kappa shape index (κ2) is 5.24. The van der Waals surface area contributed by atoms with Crippen LogP contribution in [0.25, 0.3) is 0 Å². The number of thioether (sulfide) groups is 1. The van der Waals surface area contributed by atoms with Crippen molar-refractivity contribution in [3.05, 3.63) is 28.8 Å². The number of hydrogen-bond donors (Lipinski definition) is 1. The number of halogens is 1. The van der Waals surface area contributed by atoms with Gasteiger partial charge in [-0.15, -0.1) is 0 Å². The molecule has 0 saturated carbocycles. The first-order valence-electron chi connectivity index (χ1n) is 4.93. The molecule has 0 fully saturated rings. The summed E-state index contributed by atoms with van der Waals surface area (Å²) in [6.45, 7) is 0.874. The highest BCUT2D eigenvalue weighted by atomic mass is 35.5. The van der Waals surface area contributed by atoms with Gasteiger partial charge in [0.15, 0.2) is 5.17 Å². The Kier molecular flexibility index (Phi) is 3.70. The van der Waals surface area contributed by atoms with Crippen molar-refractivity contribution in [2.45, 2.75) is 6.42 Å². The Hall–Kier alpha value is -1.18. The molecule has 1 heterocycles. The third-order valence-electron chi connectivity index (χ3n) is 2.14. The fourth-order valence-corrected chi connectivity index (χ4v) is 2.40. The predicted molar refractivity (Wildman–Crippen MR) is 69.2 cm³/mol. The first-order chi connectivity index (χ1) is 7.79. The number of nitriles is 1. The van der Waals surface area contributed by atoms with E-state index in [1.54, 1.807) is 23.9 Å². The molecule has 0 aromatic heterocycles. The molecular weight excluding hydrogens is 242 g/mol. The van der Waals surface area contributed by atoms with E-state index in [0.29, 0.717) is 10.6 Å². The highest BCUT2D eigenvalue weighted by molar-refractivity contribution is 8.14. The molecule has 0 spiro atoms. The summed E-state index contributed by atoms with van der Waals surface area (Å²) in [7, 11) is 0. The predicted octanol–water partition coefficient (Wildman–Crippen LogP) is 3.12. The van der Waals surface area contributed by atoms with Gasteiger partial charge in [-0.2, -0.15) is 5.26 Å². The van der Waals surface area contributed by atoms with Crippen molar-refractivity contribution in [1.82, 2.24) is 0 Å². The number of amidine groups is 1. The number of anilines is 1. The Morgan fingerprint density at radius 3 is 3.00 bits per heavy atom. The van der Waals surface area contributed by atoms with Gasteiger partial charge in [-0.1, -0.05) is 23.4 Å². The molecule has 1 N–H and O–H groups in total. The Balaban J connectivity index is 2.13. The molecule has 1 aliphatic rings. The summed E-state index contributed by atoms with van der Waals surface area (Å²) < 4.78 is 0. The molecule has 0 saturated heterocycles. The van der Waals surface area contributed by atoms with Gasteiger partial charge in [0.1, 0.15) is 6.07 Å². The van der Waals surface area contributed by atoms with E-state index in [1.165, 1.54) is 0 Å². The molecule has 0 aliphatic carbocycles. The van der Waals surface area contributed by atoms with E-state index >= 15 is 0 Å². The third kappa shape index (κ3) is 2.69. The summed E-state index contributed by atoms with van der Waals surface area (Å²) in [6.07, 6.45) is 1.13. The quantitative estimate of drug-likeness (QED) is 0.834. The van der Waals surface area contributed by atoms with Crippen LogP contribution in [-0.4, -0.2) is 17.5 Å². The van der Waals surface area contributed by atoms with Crippen molar-refractivity contribution < 1.29 is 0 Å². The van der Waals surface area contributed by atoms with Crippen LogP contribution in [0.4, 0.5) is 5.69 Å². The zero-order valence-electron chi connectivity index (χ0n) is 8.53. The van der Waals surface area contributed by atoms with Gasteiger partial charge in [0.25, 0.3) is 0 Å². The van der Waals surface area contributed by atoms with Crippen molar-refractivity contribution in [3.63, 3.8) is 0 Å². The van der Waals surface area contributed by atoms with Gasteiger partial charge in [-0.05, 0) is 24.6 Å². The fourth-order valence-electron chi connectivity index (χ4n) is 1.34. The molecule has 82 valence electrons. The van der Waals surface area contributed by atoms with Crippen LogP contribution in [0.5, 0.6) is 0 Å². The standard InChI is InChI=1S/C11H10ClN3S/c12-10-6-9(3-2-8(10)7-13)15-11-14-4-1-5-16-11/h2-3,6H,1,4-5H2,(H,14,15). The Morgan fingerprint density at radius 2 is 2.38 bits per heavy atom. The van der Waals surface area contributed by atoms with E-state index in [1.807, 2.05) is 12.1 Å². The van der Waals surface area contributed by atoms with E-state index in [4.69, 9.17) is 16.9 Å². The minimum atomic E-state index is 0.467. The minimum absolute atomic E-state index is 0.467. The summed E-state index contributed by atoms with van der Waals surface area (Å²) in [5, 5.41) is 13.3. The zero-order valence-corrected chi connectivity index (χ0v) is 10.1. The van der Waals surface area contributed by atoms with Crippen LogP contribution in [0.3, 0.4) is 0 Å². The number of aliphatic imine (C=N–C) groups is 1. The van der Waals surface area contributed by atoms with Crippen LogP contribution in [0.15, 0.2) is 23.2 Å². The lowest BCUT2D eigenvalue weighted by Gasteiger charge is -2.13. The van der Waals surface area contributed by atoms with Gasteiger partial charge >= 0.3 is 0 Å². The second-order valence-electron chi connectivity index (χ2n) is 3.32. The van der Waals surface area contributed by atoms with E-state index in [2.05, 4.69) is 10.3 Å². The average molecular weight is 252 g/mol. The van der Waals surface area contributed by atoms with Crippen molar-refractivity contribution in [2.75, 3.05) is 17.6 Å². The summed E-state index contributed by atoms with van der Waals surface area (Å²) in [5.74, 6) is 1.09. The molecule has 0 atom stereocenters. The Labute approximate surface area is 104 Å². The van der Waals surface area contributed by atoms with Gasteiger partial charge in [-0.3, -0.25) is 4.99 Å². The average Bonchev–Trinajstić information content (AvgIpc) is 2.31. The molecule has 16 heavy (non-hydrogen) atoms.